The van der Waals surface area contributed by atoms with Gasteiger partial charge in [0.25, 0.3) is 0 Å². The Kier molecular flexibility index (Phi) is 17.2. The normalized spacial score (nSPS) is 11.9. The van der Waals surface area contributed by atoms with Crippen LogP contribution in [0.3, 0.4) is 0 Å². The molecule has 0 aliphatic carbocycles. The number of carbonyl (C=O) groups excluding carboxylic acids is 4. The average molecular weight is 521 g/mol. The van der Waals surface area contributed by atoms with E-state index in [2.05, 4.69) is 17.9 Å². The second-order valence-corrected chi connectivity index (χ2v) is 4.22. The molecule has 0 aliphatic heterocycles. The van der Waals surface area contributed by atoms with Crippen LogP contribution >= 0.6 is 12.6 Å². The molecule has 0 aliphatic rings. The molecular formula is C10H15Ag2N3O6S. The summed E-state index contributed by atoms with van der Waals surface area (Å²) >= 11 is 3.85. The van der Waals surface area contributed by atoms with E-state index >= 15 is 0 Å². The van der Waals surface area contributed by atoms with Crippen molar-refractivity contribution in [1.82, 2.24) is 10.6 Å². The van der Waals surface area contributed by atoms with E-state index in [-0.39, 0.29) is 63.4 Å². The van der Waals surface area contributed by atoms with Gasteiger partial charge in [0.05, 0.1) is 18.5 Å². The molecule has 0 aromatic heterocycles. The number of thiol groups is 1. The van der Waals surface area contributed by atoms with E-state index < -0.39 is 42.4 Å². The van der Waals surface area contributed by atoms with Gasteiger partial charge < -0.3 is 36.2 Å². The molecular weight excluding hydrogens is 506 g/mol. The fraction of sp³-hybridized carbons (Fsp3) is 0.600. The zero-order chi connectivity index (χ0) is 15.7. The molecule has 0 saturated heterocycles. The van der Waals surface area contributed by atoms with Crippen molar-refractivity contribution in [1.29, 1.82) is 0 Å². The van der Waals surface area contributed by atoms with Crippen molar-refractivity contribution in [2.75, 3.05) is 12.3 Å². The van der Waals surface area contributed by atoms with E-state index in [4.69, 9.17) is 5.73 Å². The maximum absolute atomic E-state index is 11.5. The number of carboxylic acids is 2. The van der Waals surface area contributed by atoms with Crippen molar-refractivity contribution in [2.24, 2.45) is 5.73 Å². The van der Waals surface area contributed by atoms with Gasteiger partial charge in [-0.1, -0.05) is 0 Å². The van der Waals surface area contributed by atoms with Crippen LogP contribution in [0.1, 0.15) is 12.8 Å². The molecule has 0 heterocycles. The van der Waals surface area contributed by atoms with Crippen LogP contribution in [0.25, 0.3) is 0 Å². The van der Waals surface area contributed by atoms with Crippen LogP contribution in [0.4, 0.5) is 0 Å². The summed E-state index contributed by atoms with van der Waals surface area (Å²) in [4.78, 5) is 43.4. The Hall–Kier alpha value is -0.329. The summed E-state index contributed by atoms with van der Waals surface area (Å²) in [5.41, 5.74) is 5.16. The van der Waals surface area contributed by atoms with Crippen molar-refractivity contribution in [3.05, 3.63) is 0 Å². The SMILES string of the molecule is NC(CCC(=O)NC(CS)C(=O)NCC(=O)[O-])C(=O)[O-].[Ag+].[Ag+]. The zero-order valence-electron chi connectivity index (χ0n) is 11.1. The van der Waals surface area contributed by atoms with Crippen molar-refractivity contribution in [3.8, 4) is 0 Å². The van der Waals surface area contributed by atoms with Crippen LogP contribution in [0, 0.1) is 0 Å². The summed E-state index contributed by atoms with van der Waals surface area (Å²) < 4.78 is 0. The number of hydrogen-bond donors (Lipinski definition) is 4. The summed E-state index contributed by atoms with van der Waals surface area (Å²) in [6.07, 6.45) is -0.360. The van der Waals surface area contributed by atoms with Crippen LogP contribution < -0.4 is 26.6 Å². The first-order valence-corrected chi connectivity index (χ1v) is 6.25. The Morgan fingerprint density at radius 1 is 1.14 bits per heavy atom. The minimum Gasteiger partial charge on any atom is -0.548 e. The molecule has 2 atom stereocenters. The molecule has 12 heteroatoms. The van der Waals surface area contributed by atoms with Crippen LogP contribution in [0.15, 0.2) is 0 Å². The Labute approximate surface area is 163 Å². The molecule has 2 unspecified atom stereocenters. The predicted molar refractivity (Wildman–Crippen MR) is 66.0 cm³/mol. The average Bonchev–Trinajstić information content (AvgIpc) is 2.38. The second-order valence-electron chi connectivity index (χ2n) is 3.86. The fourth-order valence-corrected chi connectivity index (χ4v) is 1.40. The van der Waals surface area contributed by atoms with E-state index in [1.54, 1.807) is 0 Å². The number of amides is 2. The van der Waals surface area contributed by atoms with Crippen molar-refractivity contribution < 1.29 is 74.2 Å². The van der Waals surface area contributed by atoms with E-state index in [1.165, 1.54) is 0 Å². The number of carbonyl (C=O) groups is 4. The molecule has 0 fully saturated rings. The van der Waals surface area contributed by atoms with Gasteiger partial charge in [-0.2, -0.15) is 12.6 Å². The Bertz CT molecular complexity index is 399. The summed E-state index contributed by atoms with van der Waals surface area (Å²) in [7, 11) is 0. The van der Waals surface area contributed by atoms with Crippen LogP contribution in [0.5, 0.6) is 0 Å². The zero-order valence-corrected chi connectivity index (χ0v) is 14.9. The molecule has 0 spiro atoms. The third kappa shape index (κ3) is 12.2. The van der Waals surface area contributed by atoms with Gasteiger partial charge in [0.1, 0.15) is 6.04 Å². The molecule has 2 amide bonds. The molecule has 0 saturated carbocycles. The third-order valence-corrected chi connectivity index (χ3v) is 2.59. The molecule has 0 radical (unpaired) electrons. The monoisotopic (exact) mass is 519 g/mol. The Morgan fingerprint density at radius 2 is 1.68 bits per heavy atom. The van der Waals surface area contributed by atoms with Crippen molar-refractivity contribution in [3.63, 3.8) is 0 Å². The summed E-state index contributed by atoms with van der Waals surface area (Å²) in [6, 6.07) is -2.31. The number of carboxylic acid groups (broad SMARTS) is 2. The van der Waals surface area contributed by atoms with Crippen LogP contribution in [-0.4, -0.2) is 48.1 Å². The van der Waals surface area contributed by atoms with E-state index in [1.807, 2.05) is 5.32 Å². The standard InChI is InChI=1S/C10H17N3O6S.2Ag/c11-5(10(18)19)1-2-7(14)13-6(4-20)9(17)12-3-8(15)16;;/h5-6,20H,1-4,11H2,(H,12,17)(H,13,14)(H,15,16)(H,18,19);;/q;2*+1/p-2. The molecule has 0 aromatic carbocycles. The maximum Gasteiger partial charge on any atom is 1.00 e. The summed E-state index contributed by atoms with van der Waals surface area (Å²) in [5.74, 6) is -4.35. The molecule has 9 nitrogen and oxygen atoms in total. The van der Waals surface area contributed by atoms with Crippen LogP contribution in [0.2, 0.25) is 0 Å². The first-order chi connectivity index (χ1) is 9.27. The Morgan fingerprint density at radius 3 is 2.09 bits per heavy atom. The molecule has 0 aromatic rings. The Balaban J connectivity index is -0.00000180. The molecule has 22 heavy (non-hydrogen) atoms. The van der Waals surface area contributed by atoms with Gasteiger partial charge in [-0.15, -0.1) is 0 Å². The molecule has 0 bridgehead atoms. The van der Waals surface area contributed by atoms with Crippen LogP contribution in [-0.2, 0) is 63.9 Å². The number of aliphatic carboxylic acids is 2. The minimum atomic E-state index is -1.48. The summed E-state index contributed by atoms with van der Waals surface area (Å²) in [6.45, 7) is -0.686. The van der Waals surface area contributed by atoms with E-state index in [0.29, 0.717) is 0 Å². The molecule has 134 valence electrons. The van der Waals surface area contributed by atoms with Gasteiger partial charge in [-0.3, -0.25) is 9.59 Å². The number of hydrogen-bond acceptors (Lipinski definition) is 8. The van der Waals surface area contributed by atoms with Gasteiger partial charge in [-0.25, -0.2) is 0 Å². The number of nitrogens with two attached hydrogens (primary N) is 1. The first kappa shape index (κ1) is 26.6. The van der Waals surface area contributed by atoms with Gasteiger partial charge in [0.2, 0.25) is 11.8 Å². The minimum absolute atomic E-state index is 0. The number of nitrogens with one attached hydrogen (secondary N) is 2. The third-order valence-electron chi connectivity index (χ3n) is 2.23. The van der Waals surface area contributed by atoms with Gasteiger partial charge in [0.15, 0.2) is 0 Å². The van der Waals surface area contributed by atoms with Gasteiger partial charge in [0, 0.05) is 18.2 Å². The molecule has 0 rings (SSSR count). The summed E-state index contributed by atoms with van der Waals surface area (Å²) in [5, 5.41) is 24.8. The quantitative estimate of drug-likeness (QED) is 0.175. The van der Waals surface area contributed by atoms with E-state index in [0.717, 1.165) is 0 Å². The van der Waals surface area contributed by atoms with Gasteiger partial charge >= 0.3 is 44.8 Å². The predicted octanol–water partition coefficient (Wildman–Crippen LogP) is -4.88. The largest absolute Gasteiger partial charge is 1.00 e. The maximum atomic E-state index is 11.5. The topological polar surface area (TPSA) is 164 Å². The van der Waals surface area contributed by atoms with Crippen molar-refractivity contribution >= 4 is 36.4 Å². The van der Waals surface area contributed by atoms with E-state index in [9.17, 15) is 29.4 Å². The molecule has 4 N–H and O–H groups in total. The fourth-order valence-electron chi connectivity index (χ4n) is 1.15. The first-order valence-electron chi connectivity index (χ1n) is 5.62. The van der Waals surface area contributed by atoms with Crippen molar-refractivity contribution in [2.45, 2.75) is 24.9 Å². The number of rotatable bonds is 9. The van der Waals surface area contributed by atoms with Gasteiger partial charge in [-0.05, 0) is 6.42 Å². The second kappa shape index (κ2) is 14.3. The smallest absolute Gasteiger partial charge is 0.548 e.